The molecule has 0 aliphatic rings. The molecule has 0 saturated carbocycles. The first-order valence-corrected chi connectivity index (χ1v) is 7.42. The fourth-order valence-corrected chi connectivity index (χ4v) is 2.81. The van der Waals surface area contributed by atoms with Gasteiger partial charge in [-0.2, -0.15) is 0 Å². The summed E-state index contributed by atoms with van der Waals surface area (Å²) in [5.74, 6) is 0. The summed E-state index contributed by atoms with van der Waals surface area (Å²) < 4.78 is 0. The molecule has 0 fully saturated rings. The van der Waals surface area contributed by atoms with E-state index in [4.69, 9.17) is 11.6 Å². The molecular weight excluding hydrogens is 266 g/mol. The fraction of sp³-hybridized carbons (Fsp3) is 0.333. The van der Waals surface area contributed by atoms with E-state index in [9.17, 15) is 0 Å². The van der Waals surface area contributed by atoms with Crippen LogP contribution in [0.1, 0.15) is 29.2 Å². The second kappa shape index (κ2) is 6.32. The minimum Gasteiger partial charge on any atom is -0.382 e. The molecule has 0 aliphatic carbocycles. The van der Waals surface area contributed by atoms with Crippen molar-refractivity contribution in [3.63, 3.8) is 0 Å². The average Bonchev–Trinajstić information content (AvgIpc) is 2.36. The molecule has 20 heavy (non-hydrogen) atoms. The van der Waals surface area contributed by atoms with Gasteiger partial charge in [0.25, 0.3) is 0 Å². The number of hydrogen-bond acceptors (Lipinski definition) is 1. The number of benzene rings is 2. The van der Waals surface area contributed by atoms with Crippen molar-refractivity contribution in [1.82, 2.24) is 0 Å². The number of anilines is 1. The van der Waals surface area contributed by atoms with E-state index >= 15 is 0 Å². The maximum Gasteiger partial charge on any atom is 0.0406 e. The van der Waals surface area contributed by atoms with Gasteiger partial charge in [0.1, 0.15) is 0 Å². The zero-order valence-electron chi connectivity index (χ0n) is 12.6. The Morgan fingerprint density at radius 1 is 1.00 bits per heavy atom. The molecule has 0 aliphatic heterocycles. The second-order valence-electron chi connectivity index (χ2n) is 5.65. The van der Waals surface area contributed by atoms with E-state index < -0.39 is 0 Å². The molecule has 2 rings (SSSR count). The van der Waals surface area contributed by atoms with Crippen LogP contribution in [0.15, 0.2) is 36.4 Å². The van der Waals surface area contributed by atoms with Crippen LogP contribution in [-0.2, 0) is 6.42 Å². The number of nitrogens with one attached hydrogen (secondary N) is 1. The van der Waals surface area contributed by atoms with Gasteiger partial charge in [-0.05, 0) is 62.9 Å². The Labute approximate surface area is 127 Å². The topological polar surface area (TPSA) is 12.0 Å². The Balaban J connectivity index is 2.08. The third-order valence-corrected chi connectivity index (χ3v) is 3.77. The van der Waals surface area contributed by atoms with Crippen molar-refractivity contribution >= 4 is 17.3 Å². The molecule has 0 bridgehead atoms. The molecule has 1 nitrogen and oxygen atoms in total. The Kier molecular flexibility index (Phi) is 4.72. The standard InChI is InChI=1S/C18H22ClN/c1-12-9-13(2)18(14(3)10-12)20-15(4)11-16-5-7-17(19)8-6-16/h5-10,15,20H,11H2,1-4H3. The van der Waals surface area contributed by atoms with Crippen LogP contribution in [0.3, 0.4) is 0 Å². The third kappa shape index (κ3) is 3.77. The molecule has 0 saturated heterocycles. The van der Waals surface area contributed by atoms with Gasteiger partial charge in [-0.1, -0.05) is 41.4 Å². The molecule has 0 heterocycles. The predicted octanol–water partition coefficient (Wildman–Crippen LogP) is 5.31. The van der Waals surface area contributed by atoms with Crippen molar-refractivity contribution in [3.8, 4) is 0 Å². The summed E-state index contributed by atoms with van der Waals surface area (Å²) >= 11 is 5.92. The molecule has 1 unspecified atom stereocenters. The first-order valence-electron chi connectivity index (χ1n) is 7.04. The van der Waals surface area contributed by atoms with Gasteiger partial charge in [0.2, 0.25) is 0 Å². The first kappa shape index (κ1) is 14.9. The Hall–Kier alpha value is -1.47. The zero-order valence-corrected chi connectivity index (χ0v) is 13.4. The highest BCUT2D eigenvalue weighted by molar-refractivity contribution is 6.30. The van der Waals surface area contributed by atoms with E-state index in [2.05, 4.69) is 57.3 Å². The summed E-state index contributed by atoms with van der Waals surface area (Å²) in [5, 5.41) is 4.43. The predicted molar refractivity (Wildman–Crippen MR) is 88.9 cm³/mol. The zero-order chi connectivity index (χ0) is 14.7. The highest BCUT2D eigenvalue weighted by Gasteiger charge is 2.08. The Bertz CT molecular complexity index is 564. The van der Waals surface area contributed by atoms with Crippen LogP contribution in [0.25, 0.3) is 0 Å². The van der Waals surface area contributed by atoms with Crippen LogP contribution in [0.4, 0.5) is 5.69 Å². The third-order valence-electron chi connectivity index (χ3n) is 3.52. The minimum absolute atomic E-state index is 0.385. The fourth-order valence-electron chi connectivity index (χ4n) is 2.68. The molecule has 2 heteroatoms. The Morgan fingerprint density at radius 2 is 1.55 bits per heavy atom. The van der Waals surface area contributed by atoms with Gasteiger partial charge in [-0.25, -0.2) is 0 Å². The van der Waals surface area contributed by atoms with E-state index in [0.29, 0.717) is 6.04 Å². The summed E-state index contributed by atoms with van der Waals surface area (Å²) in [7, 11) is 0. The van der Waals surface area contributed by atoms with Crippen molar-refractivity contribution in [2.24, 2.45) is 0 Å². The molecule has 1 N–H and O–H groups in total. The van der Waals surface area contributed by atoms with Gasteiger partial charge in [0.05, 0.1) is 0 Å². The highest BCUT2D eigenvalue weighted by Crippen LogP contribution is 2.23. The van der Waals surface area contributed by atoms with Gasteiger partial charge >= 0.3 is 0 Å². The summed E-state index contributed by atoms with van der Waals surface area (Å²) in [6, 6.07) is 12.9. The lowest BCUT2D eigenvalue weighted by atomic mass is 10.0. The van der Waals surface area contributed by atoms with E-state index in [-0.39, 0.29) is 0 Å². The molecule has 2 aromatic carbocycles. The van der Waals surface area contributed by atoms with E-state index in [0.717, 1.165) is 11.4 Å². The summed E-state index contributed by atoms with van der Waals surface area (Å²) in [6.45, 7) is 8.68. The summed E-state index contributed by atoms with van der Waals surface area (Å²) in [5.41, 5.74) is 6.50. The van der Waals surface area contributed by atoms with Crippen molar-refractivity contribution in [3.05, 3.63) is 63.7 Å². The van der Waals surface area contributed by atoms with Gasteiger partial charge in [-0.15, -0.1) is 0 Å². The van der Waals surface area contributed by atoms with Gasteiger partial charge in [0, 0.05) is 16.8 Å². The lowest BCUT2D eigenvalue weighted by Crippen LogP contribution is -2.19. The smallest absolute Gasteiger partial charge is 0.0406 e. The van der Waals surface area contributed by atoms with Crippen LogP contribution < -0.4 is 5.32 Å². The number of rotatable bonds is 4. The van der Waals surface area contributed by atoms with Gasteiger partial charge in [-0.3, -0.25) is 0 Å². The monoisotopic (exact) mass is 287 g/mol. The summed E-state index contributed by atoms with van der Waals surface area (Å²) in [6.07, 6.45) is 0.990. The van der Waals surface area contributed by atoms with Crippen molar-refractivity contribution in [1.29, 1.82) is 0 Å². The normalized spacial score (nSPS) is 12.2. The van der Waals surface area contributed by atoms with Crippen LogP contribution in [-0.4, -0.2) is 6.04 Å². The van der Waals surface area contributed by atoms with Crippen LogP contribution in [0, 0.1) is 20.8 Å². The molecule has 0 spiro atoms. The maximum absolute atomic E-state index is 5.92. The molecule has 1 atom stereocenters. The number of halogens is 1. The molecule has 2 aromatic rings. The van der Waals surface area contributed by atoms with Crippen molar-refractivity contribution in [2.75, 3.05) is 5.32 Å². The van der Waals surface area contributed by atoms with E-state index in [1.54, 1.807) is 0 Å². The van der Waals surface area contributed by atoms with Crippen molar-refractivity contribution < 1.29 is 0 Å². The van der Waals surface area contributed by atoms with Crippen LogP contribution in [0.2, 0.25) is 5.02 Å². The molecular formula is C18H22ClN. The van der Waals surface area contributed by atoms with Crippen molar-refractivity contribution in [2.45, 2.75) is 40.2 Å². The molecule has 0 aromatic heterocycles. The maximum atomic E-state index is 5.92. The molecule has 106 valence electrons. The SMILES string of the molecule is Cc1cc(C)c(NC(C)Cc2ccc(Cl)cc2)c(C)c1. The quantitative estimate of drug-likeness (QED) is 0.804. The van der Waals surface area contributed by atoms with Gasteiger partial charge < -0.3 is 5.32 Å². The van der Waals surface area contributed by atoms with E-state index in [1.807, 2.05) is 12.1 Å². The minimum atomic E-state index is 0.385. The number of aryl methyl sites for hydroxylation is 3. The largest absolute Gasteiger partial charge is 0.382 e. The highest BCUT2D eigenvalue weighted by atomic mass is 35.5. The lowest BCUT2D eigenvalue weighted by Gasteiger charge is -2.20. The van der Waals surface area contributed by atoms with Gasteiger partial charge in [0.15, 0.2) is 0 Å². The average molecular weight is 288 g/mol. The second-order valence-corrected chi connectivity index (χ2v) is 6.09. The first-order chi connectivity index (χ1) is 9.45. The molecule has 0 radical (unpaired) electrons. The van der Waals surface area contributed by atoms with E-state index in [1.165, 1.54) is 27.9 Å². The van der Waals surface area contributed by atoms with Crippen LogP contribution >= 0.6 is 11.6 Å². The lowest BCUT2D eigenvalue weighted by molar-refractivity contribution is 0.788. The molecule has 0 amide bonds. The number of hydrogen-bond donors (Lipinski definition) is 1. The Morgan fingerprint density at radius 3 is 2.10 bits per heavy atom. The summed E-state index contributed by atoms with van der Waals surface area (Å²) in [4.78, 5) is 0. The van der Waals surface area contributed by atoms with Crippen LogP contribution in [0.5, 0.6) is 0 Å².